The first-order chi connectivity index (χ1) is 9.11. The number of benzene rings is 1. The summed E-state index contributed by atoms with van der Waals surface area (Å²) >= 11 is 0. The van der Waals surface area contributed by atoms with Gasteiger partial charge in [0.2, 0.25) is 0 Å². The maximum absolute atomic E-state index is 5.37. The molecule has 0 bridgehead atoms. The molecule has 0 saturated heterocycles. The highest BCUT2D eigenvalue weighted by molar-refractivity contribution is 5.48. The quantitative estimate of drug-likeness (QED) is 0.883. The van der Waals surface area contributed by atoms with Gasteiger partial charge in [-0.05, 0) is 35.0 Å². The largest absolute Gasteiger partial charge is 0.494 e. The number of hydrogen-bond donors (Lipinski definition) is 1. The van der Waals surface area contributed by atoms with Gasteiger partial charge in [0, 0.05) is 6.04 Å². The van der Waals surface area contributed by atoms with E-state index >= 15 is 0 Å². The molecule has 0 aliphatic rings. The summed E-state index contributed by atoms with van der Waals surface area (Å²) in [7, 11) is 1.64. The van der Waals surface area contributed by atoms with E-state index in [9.17, 15) is 0 Å². The molecule has 1 heterocycles. The van der Waals surface area contributed by atoms with Gasteiger partial charge in [-0.2, -0.15) is 4.68 Å². The second-order valence-corrected chi connectivity index (χ2v) is 4.72. The van der Waals surface area contributed by atoms with Crippen LogP contribution in [-0.4, -0.2) is 33.4 Å². The van der Waals surface area contributed by atoms with Crippen LogP contribution in [0.1, 0.15) is 25.2 Å². The number of hydrogen-bond acceptors (Lipinski definition) is 5. The zero-order valence-electron chi connectivity index (χ0n) is 11.7. The minimum absolute atomic E-state index is 0.379. The van der Waals surface area contributed by atoms with Crippen molar-refractivity contribution >= 4 is 0 Å². The summed E-state index contributed by atoms with van der Waals surface area (Å²) in [5.41, 5.74) is 1.99. The van der Waals surface area contributed by atoms with Crippen LogP contribution in [0.5, 0.6) is 5.75 Å². The van der Waals surface area contributed by atoms with E-state index in [-0.39, 0.29) is 0 Å². The number of nitrogens with one attached hydrogen (secondary N) is 1. The third kappa shape index (κ3) is 3.08. The molecule has 102 valence electrons. The standard InChI is InChI=1S/C13H19N5O/c1-9(2)14-8-13-15-16-17-18(13)11-7-10(3)5-6-12(11)19-4/h5-7,9,14H,8H2,1-4H3. The van der Waals surface area contributed by atoms with Gasteiger partial charge in [-0.15, -0.1) is 5.10 Å². The van der Waals surface area contributed by atoms with Crippen LogP contribution >= 0.6 is 0 Å². The fraction of sp³-hybridized carbons (Fsp3) is 0.462. The Morgan fingerprint density at radius 1 is 1.37 bits per heavy atom. The van der Waals surface area contributed by atoms with E-state index in [0.29, 0.717) is 12.6 Å². The van der Waals surface area contributed by atoms with Crippen molar-refractivity contribution in [2.75, 3.05) is 7.11 Å². The summed E-state index contributed by atoms with van der Waals surface area (Å²) in [5.74, 6) is 1.52. The van der Waals surface area contributed by atoms with Crippen LogP contribution in [0.3, 0.4) is 0 Å². The molecule has 2 aromatic rings. The fourth-order valence-corrected chi connectivity index (χ4v) is 1.76. The fourth-order valence-electron chi connectivity index (χ4n) is 1.76. The molecule has 1 aromatic heterocycles. The minimum atomic E-state index is 0.379. The Morgan fingerprint density at radius 3 is 2.84 bits per heavy atom. The van der Waals surface area contributed by atoms with Gasteiger partial charge in [-0.3, -0.25) is 0 Å². The SMILES string of the molecule is COc1ccc(C)cc1-n1nnnc1CNC(C)C. The monoisotopic (exact) mass is 261 g/mol. The van der Waals surface area contributed by atoms with Gasteiger partial charge in [-0.25, -0.2) is 0 Å². The van der Waals surface area contributed by atoms with Crippen molar-refractivity contribution in [1.82, 2.24) is 25.5 Å². The summed E-state index contributed by atoms with van der Waals surface area (Å²) < 4.78 is 7.08. The molecule has 0 amide bonds. The number of aromatic nitrogens is 4. The Balaban J connectivity index is 2.36. The Morgan fingerprint density at radius 2 is 2.16 bits per heavy atom. The zero-order chi connectivity index (χ0) is 13.8. The topological polar surface area (TPSA) is 64.9 Å². The van der Waals surface area contributed by atoms with Gasteiger partial charge in [0.15, 0.2) is 5.82 Å². The summed E-state index contributed by atoms with van der Waals surface area (Å²) in [6, 6.07) is 6.31. The van der Waals surface area contributed by atoms with E-state index in [0.717, 1.165) is 22.8 Å². The van der Waals surface area contributed by atoms with Crippen LogP contribution in [0.15, 0.2) is 18.2 Å². The van der Waals surface area contributed by atoms with Crippen LogP contribution in [0, 0.1) is 6.92 Å². The molecule has 6 heteroatoms. The van der Waals surface area contributed by atoms with E-state index in [2.05, 4.69) is 34.7 Å². The van der Waals surface area contributed by atoms with Crippen molar-refractivity contribution in [3.63, 3.8) is 0 Å². The normalized spacial score (nSPS) is 11.0. The van der Waals surface area contributed by atoms with Crippen molar-refractivity contribution in [3.8, 4) is 11.4 Å². The number of tetrazole rings is 1. The van der Waals surface area contributed by atoms with Crippen LogP contribution in [0.2, 0.25) is 0 Å². The van der Waals surface area contributed by atoms with Crippen LogP contribution in [0.4, 0.5) is 0 Å². The van der Waals surface area contributed by atoms with Gasteiger partial charge in [0.05, 0.1) is 13.7 Å². The Bertz CT molecular complexity index is 550. The first-order valence-corrected chi connectivity index (χ1v) is 6.27. The second kappa shape index (κ2) is 5.79. The molecule has 0 aliphatic carbocycles. The van der Waals surface area contributed by atoms with Crippen molar-refractivity contribution in [3.05, 3.63) is 29.6 Å². The highest BCUT2D eigenvalue weighted by Gasteiger charge is 2.13. The van der Waals surface area contributed by atoms with Gasteiger partial charge < -0.3 is 10.1 Å². The average Bonchev–Trinajstić information content (AvgIpc) is 2.84. The highest BCUT2D eigenvalue weighted by Crippen LogP contribution is 2.23. The molecule has 1 aromatic carbocycles. The van der Waals surface area contributed by atoms with Crippen molar-refractivity contribution in [2.24, 2.45) is 0 Å². The van der Waals surface area contributed by atoms with Crippen molar-refractivity contribution in [1.29, 1.82) is 0 Å². The number of methoxy groups -OCH3 is 1. The maximum atomic E-state index is 5.37. The number of ether oxygens (including phenoxy) is 1. The van der Waals surface area contributed by atoms with Crippen molar-refractivity contribution in [2.45, 2.75) is 33.4 Å². The molecule has 0 fully saturated rings. The molecular formula is C13H19N5O. The Labute approximate surface area is 112 Å². The van der Waals surface area contributed by atoms with E-state index in [1.165, 1.54) is 0 Å². The molecular weight excluding hydrogens is 242 g/mol. The van der Waals surface area contributed by atoms with E-state index in [1.54, 1.807) is 11.8 Å². The molecule has 0 unspecified atom stereocenters. The lowest BCUT2D eigenvalue weighted by atomic mass is 10.2. The summed E-state index contributed by atoms with van der Waals surface area (Å²) in [6.45, 7) is 6.81. The lowest BCUT2D eigenvalue weighted by molar-refractivity contribution is 0.410. The predicted octanol–water partition coefficient (Wildman–Crippen LogP) is 1.48. The van der Waals surface area contributed by atoms with Gasteiger partial charge in [0.1, 0.15) is 11.4 Å². The summed E-state index contributed by atoms with van der Waals surface area (Å²) in [5, 5.41) is 15.2. The van der Waals surface area contributed by atoms with Crippen LogP contribution < -0.4 is 10.1 Å². The number of rotatable bonds is 5. The third-order valence-electron chi connectivity index (χ3n) is 2.77. The Kier molecular flexibility index (Phi) is 4.11. The van der Waals surface area contributed by atoms with E-state index in [4.69, 9.17) is 4.74 Å². The number of nitrogens with zero attached hydrogens (tertiary/aromatic N) is 4. The maximum Gasteiger partial charge on any atom is 0.170 e. The molecule has 2 rings (SSSR count). The lowest BCUT2D eigenvalue weighted by Crippen LogP contribution is -2.24. The minimum Gasteiger partial charge on any atom is -0.494 e. The second-order valence-electron chi connectivity index (χ2n) is 4.72. The van der Waals surface area contributed by atoms with E-state index < -0.39 is 0 Å². The molecule has 0 saturated carbocycles. The average molecular weight is 261 g/mol. The predicted molar refractivity (Wildman–Crippen MR) is 72.4 cm³/mol. The molecule has 19 heavy (non-hydrogen) atoms. The van der Waals surface area contributed by atoms with Crippen LogP contribution in [-0.2, 0) is 6.54 Å². The molecule has 0 aliphatic heterocycles. The smallest absolute Gasteiger partial charge is 0.170 e. The first-order valence-electron chi connectivity index (χ1n) is 6.27. The number of aryl methyl sites for hydroxylation is 1. The van der Waals surface area contributed by atoms with Crippen molar-refractivity contribution < 1.29 is 4.74 Å². The highest BCUT2D eigenvalue weighted by atomic mass is 16.5. The lowest BCUT2D eigenvalue weighted by Gasteiger charge is -2.11. The zero-order valence-corrected chi connectivity index (χ0v) is 11.7. The molecule has 6 nitrogen and oxygen atoms in total. The molecule has 0 atom stereocenters. The molecule has 0 spiro atoms. The molecule has 0 radical (unpaired) electrons. The van der Waals surface area contributed by atoms with Gasteiger partial charge in [-0.1, -0.05) is 19.9 Å². The van der Waals surface area contributed by atoms with Gasteiger partial charge >= 0.3 is 0 Å². The third-order valence-corrected chi connectivity index (χ3v) is 2.77. The first kappa shape index (κ1) is 13.5. The molecule has 1 N–H and O–H groups in total. The summed E-state index contributed by atoms with van der Waals surface area (Å²) in [6.07, 6.45) is 0. The summed E-state index contributed by atoms with van der Waals surface area (Å²) in [4.78, 5) is 0. The Hall–Kier alpha value is -1.95. The van der Waals surface area contributed by atoms with Gasteiger partial charge in [0.25, 0.3) is 0 Å². The van der Waals surface area contributed by atoms with E-state index in [1.807, 2.05) is 25.1 Å². The van der Waals surface area contributed by atoms with Crippen LogP contribution in [0.25, 0.3) is 5.69 Å².